The lowest BCUT2D eigenvalue weighted by Crippen LogP contribution is -2.40. The Kier molecular flexibility index (Phi) is 6.33. The van der Waals surface area contributed by atoms with Crippen molar-refractivity contribution >= 4 is 17.5 Å². The van der Waals surface area contributed by atoms with Crippen molar-refractivity contribution in [1.29, 1.82) is 0 Å². The molecule has 6 heteroatoms. The van der Waals surface area contributed by atoms with Crippen molar-refractivity contribution in [2.24, 2.45) is 5.92 Å². The predicted molar refractivity (Wildman–Crippen MR) is 105 cm³/mol. The van der Waals surface area contributed by atoms with Gasteiger partial charge in [0.25, 0.3) is 0 Å². The molecule has 1 heterocycles. The summed E-state index contributed by atoms with van der Waals surface area (Å²) in [5.41, 5.74) is 0. The third kappa shape index (κ3) is 5.32. The Balaban J connectivity index is 1.44. The van der Waals surface area contributed by atoms with Gasteiger partial charge in [-0.05, 0) is 51.4 Å². The fourth-order valence-electron chi connectivity index (χ4n) is 4.21. The lowest BCUT2D eigenvalue weighted by Gasteiger charge is -2.30. The maximum absolute atomic E-state index is 12.2. The molecule has 2 aliphatic carbocycles. The van der Waals surface area contributed by atoms with Crippen LogP contribution in [0.4, 0.5) is 11.6 Å². The van der Waals surface area contributed by atoms with Gasteiger partial charge >= 0.3 is 0 Å². The van der Waals surface area contributed by atoms with Gasteiger partial charge in [0.2, 0.25) is 5.91 Å². The molecular weight excluding hydrogens is 326 g/mol. The van der Waals surface area contributed by atoms with Gasteiger partial charge in [-0.25, -0.2) is 9.97 Å². The highest BCUT2D eigenvalue weighted by Crippen LogP contribution is 2.28. The first-order valence-electron chi connectivity index (χ1n) is 10.1. The zero-order valence-corrected chi connectivity index (χ0v) is 16.4. The first kappa shape index (κ1) is 18.9. The Morgan fingerprint density at radius 3 is 2.38 bits per heavy atom. The Bertz CT molecular complexity index is 604. The van der Waals surface area contributed by atoms with Crippen molar-refractivity contribution in [3.05, 3.63) is 11.9 Å². The van der Waals surface area contributed by atoms with Crippen LogP contribution in [-0.4, -0.2) is 42.1 Å². The summed E-state index contributed by atoms with van der Waals surface area (Å²) in [6, 6.07) is 2.76. The van der Waals surface area contributed by atoms with E-state index in [2.05, 4.69) is 20.6 Å². The largest absolute Gasteiger partial charge is 0.367 e. The molecule has 2 saturated carbocycles. The monoisotopic (exact) mass is 359 g/mol. The van der Waals surface area contributed by atoms with Crippen LogP contribution in [0.15, 0.2) is 6.07 Å². The maximum atomic E-state index is 12.2. The van der Waals surface area contributed by atoms with Crippen molar-refractivity contribution < 1.29 is 4.79 Å². The molecule has 1 aromatic heterocycles. The summed E-state index contributed by atoms with van der Waals surface area (Å²) in [5, 5.41) is 6.82. The Morgan fingerprint density at radius 2 is 1.73 bits per heavy atom. The van der Waals surface area contributed by atoms with Crippen LogP contribution in [0.1, 0.15) is 63.6 Å². The number of amides is 1. The van der Waals surface area contributed by atoms with E-state index < -0.39 is 0 Å². The molecular formula is C20H33N5O. The predicted octanol–water partition coefficient (Wildman–Crippen LogP) is 3.27. The van der Waals surface area contributed by atoms with E-state index in [4.69, 9.17) is 0 Å². The minimum atomic E-state index is 0.260. The number of carbonyl (C=O) groups excluding carboxylic acids is 1. The summed E-state index contributed by atoms with van der Waals surface area (Å²) < 4.78 is 0. The van der Waals surface area contributed by atoms with E-state index in [1.54, 1.807) is 0 Å². The smallest absolute Gasteiger partial charge is 0.220 e. The van der Waals surface area contributed by atoms with Crippen LogP contribution in [0.2, 0.25) is 0 Å². The quantitative estimate of drug-likeness (QED) is 0.816. The number of nitrogens with one attached hydrogen (secondary N) is 2. The number of aryl methyl sites for hydroxylation is 1. The normalized spacial score (nSPS) is 23.7. The summed E-state index contributed by atoms with van der Waals surface area (Å²) >= 11 is 0. The highest BCUT2D eigenvalue weighted by Gasteiger charge is 2.24. The average molecular weight is 360 g/mol. The van der Waals surface area contributed by atoms with E-state index in [-0.39, 0.29) is 5.91 Å². The molecule has 0 saturated heterocycles. The van der Waals surface area contributed by atoms with Crippen molar-refractivity contribution in [1.82, 2.24) is 15.3 Å². The fraction of sp³-hybridized carbons (Fsp3) is 0.750. The van der Waals surface area contributed by atoms with Gasteiger partial charge in [-0.3, -0.25) is 4.79 Å². The molecule has 0 atom stereocenters. The summed E-state index contributed by atoms with van der Waals surface area (Å²) in [5.74, 6) is 3.49. The third-order valence-corrected chi connectivity index (χ3v) is 5.68. The molecule has 0 aromatic carbocycles. The molecule has 0 radical (unpaired) electrons. The molecule has 1 amide bonds. The van der Waals surface area contributed by atoms with E-state index >= 15 is 0 Å². The molecule has 0 spiro atoms. The van der Waals surface area contributed by atoms with E-state index in [0.29, 0.717) is 18.0 Å². The molecule has 2 aliphatic rings. The van der Waals surface area contributed by atoms with Crippen LogP contribution in [0.5, 0.6) is 0 Å². The lowest BCUT2D eigenvalue weighted by molar-refractivity contribution is -0.122. The second kappa shape index (κ2) is 8.69. The van der Waals surface area contributed by atoms with E-state index in [0.717, 1.165) is 49.6 Å². The minimum Gasteiger partial charge on any atom is -0.367 e. The van der Waals surface area contributed by atoms with Crippen LogP contribution >= 0.6 is 0 Å². The Morgan fingerprint density at radius 1 is 1.08 bits per heavy atom. The Hall–Kier alpha value is -1.85. The molecule has 0 bridgehead atoms. The molecule has 6 nitrogen and oxygen atoms in total. The summed E-state index contributed by atoms with van der Waals surface area (Å²) in [6.07, 6.45) is 10.0. The number of nitrogens with zero attached hydrogens (tertiary/aromatic N) is 3. The Labute approximate surface area is 157 Å². The summed E-state index contributed by atoms with van der Waals surface area (Å²) in [7, 11) is 3.98. The van der Waals surface area contributed by atoms with Gasteiger partial charge in [0, 0.05) is 38.7 Å². The number of hydrogen-bond acceptors (Lipinski definition) is 5. The molecule has 3 rings (SSSR count). The zero-order valence-electron chi connectivity index (χ0n) is 16.4. The maximum Gasteiger partial charge on any atom is 0.220 e. The van der Waals surface area contributed by atoms with Gasteiger partial charge in [-0.15, -0.1) is 0 Å². The first-order valence-corrected chi connectivity index (χ1v) is 10.1. The number of hydrogen-bond donors (Lipinski definition) is 2. The van der Waals surface area contributed by atoms with Crippen LogP contribution < -0.4 is 15.5 Å². The topological polar surface area (TPSA) is 70.2 Å². The molecule has 0 aliphatic heterocycles. The van der Waals surface area contributed by atoms with E-state index in [1.807, 2.05) is 32.0 Å². The van der Waals surface area contributed by atoms with E-state index in [1.165, 1.54) is 25.7 Å². The minimum absolute atomic E-state index is 0.260. The van der Waals surface area contributed by atoms with Crippen molar-refractivity contribution in [2.75, 3.05) is 24.3 Å². The lowest BCUT2D eigenvalue weighted by atomic mass is 9.90. The fourth-order valence-corrected chi connectivity index (χ4v) is 4.21. The zero-order chi connectivity index (χ0) is 18.5. The van der Waals surface area contributed by atoms with Crippen LogP contribution in [0.25, 0.3) is 0 Å². The molecule has 26 heavy (non-hydrogen) atoms. The number of carbonyl (C=O) groups is 1. The summed E-state index contributed by atoms with van der Waals surface area (Å²) in [4.78, 5) is 23.2. The first-order chi connectivity index (χ1) is 12.5. The van der Waals surface area contributed by atoms with Crippen LogP contribution in [-0.2, 0) is 4.79 Å². The van der Waals surface area contributed by atoms with Crippen molar-refractivity contribution in [3.8, 4) is 0 Å². The SMILES string of the molecule is Cc1nc(NC2CCC(NC(=O)CC3CCCC3)CC2)cc(N(C)C)n1. The average Bonchev–Trinajstić information content (AvgIpc) is 3.09. The van der Waals surface area contributed by atoms with Crippen LogP contribution in [0, 0.1) is 12.8 Å². The van der Waals surface area contributed by atoms with E-state index in [9.17, 15) is 4.79 Å². The molecule has 1 aromatic rings. The summed E-state index contributed by atoms with van der Waals surface area (Å²) in [6.45, 7) is 1.93. The number of aromatic nitrogens is 2. The molecule has 2 N–H and O–H groups in total. The van der Waals surface area contributed by atoms with Crippen molar-refractivity contribution in [3.63, 3.8) is 0 Å². The van der Waals surface area contributed by atoms with Gasteiger partial charge in [0.1, 0.15) is 17.5 Å². The number of anilines is 2. The van der Waals surface area contributed by atoms with Gasteiger partial charge in [0.05, 0.1) is 0 Å². The van der Waals surface area contributed by atoms with Crippen molar-refractivity contribution in [2.45, 2.75) is 76.8 Å². The molecule has 144 valence electrons. The van der Waals surface area contributed by atoms with Gasteiger partial charge < -0.3 is 15.5 Å². The van der Waals surface area contributed by atoms with Gasteiger partial charge in [-0.2, -0.15) is 0 Å². The standard InChI is InChI=1S/C20H33N5O/c1-14-21-18(13-19(22-14)25(2)3)23-16-8-10-17(11-9-16)24-20(26)12-15-6-4-5-7-15/h13,15-17H,4-12H2,1-3H3,(H,24,26)(H,21,22,23). The second-order valence-corrected chi connectivity index (χ2v) is 8.17. The van der Waals surface area contributed by atoms with Gasteiger partial charge in [0.15, 0.2) is 0 Å². The third-order valence-electron chi connectivity index (χ3n) is 5.68. The number of rotatable bonds is 6. The highest BCUT2D eigenvalue weighted by molar-refractivity contribution is 5.76. The van der Waals surface area contributed by atoms with Crippen LogP contribution in [0.3, 0.4) is 0 Å². The highest BCUT2D eigenvalue weighted by atomic mass is 16.1. The second-order valence-electron chi connectivity index (χ2n) is 8.17. The molecule has 0 unspecified atom stereocenters. The van der Waals surface area contributed by atoms with Gasteiger partial charge in [-0.1, -0.05) is 12.8 Å². The molecule has 2 fully saturated rings.